The molecule has 0 aromatic heterocycles. The fraction of sp³-hybridized carbons (Fsp3) is 0.500. The van der Waals surface area contributed by atoms with Crippen LogP contribution in [-0.4, -0.2) is 13.2 Å². The Morgan fingerprint density at radius 2 is 2.00 bits per heavy atom. The molecule has 0 bridgehead atoms. The van der Waals surface area contributed by atoms with Crippen molar-refractivity contribution in [2.24, 2.45) is 11.7 Å². The molecule has 0 heterocycles. The molecular formula is C12H15F2NO. The van der Waals surface area contributed by atoms with Gasteiger partial charge in [0, 0.05) is 12.0 Å². The number of halogens is 2. The monoisotopic (exact) mass is 227 g/mol. The average molecular weight is 227 g/mol. The third-order valence-electron chi connectivity index (χ3n) is 3.47. The molecule has 2 N–H and O–H groups in total. The van der Waals surface area contributed by atoms with Crippen molar-refractivity contribution in [1.29, 1.82) is 0 Å². The molecule has 0 spiro atoms. The fourth-order valence-corrected chi connectivity index (χ4v) is 2.26. The molecule has 2 atom stereocenters. The van der Waals surface area contributed by atoms with Crippen molar-refractivity contribution in [2.75, 3.05) is 6.54 Å². The second-order valence-electron chi connectivity index (χ2n) is 4.37. The molecule has 0 radical (unpaired) electrons. The van der Waals surface area contributed by atoms with Gasteiger partial charge in [-0.05, 0) is 30.0 Å². The van der Waals surface area contributed by atoms with E-state index in [-0.39, 0.29) is 11.2 Å². The third kappa shape index (κ3) is 1.89. The first-order valence-electron chi connectivity index (χ1n) is 5.34. The first-order chi connectivity index (χ1) is 7.58. The summed E-state index contributed by atoms with van der Waals surface area (Å²) in [4.78, 5) is 0. The van der Waals surface area contributed by atoms with Crippen LogP contribution in [0.5, 0.6) is 5.75 Å². The molecule has 1 aromatic rings. The second kappa shape index (κ2) is 4.01. The van der Waals surface area contributed by atoms with Gasteiger partial charge in [-0.15, -0.1) is 0 Å². The number of ether oxygens (including phenoxy) is 1. The summed E-state index contributed by atoms with van der Waals surface area (Å²) in [6.45, 7) is -0.0196. The van der Waals surface area contributed by atoms with Gasteiger partial charge < -0.3 is 10.5 Å². The highest BCUT2D eigenvalue weighted by Gasteiger charge is 2.50. The average Bonchev–Trinajstić information content (AvgIpc) is 2.91. The van der Waals surface area contributed by atoms with Crippen molar-refractivity contribution in [1.82, 2.24) is 0 Å². The summed E-state index contributed by atoms with van der Waals surface area (Å²) in [7, 11) is 0. The van der Waals surface area contributed by atoms with Gasteiger partial charge in [0.1, 0.15) is 5.75 Å². The summed E-state index contributed by atoms with van der Waals surface area (Å²) in [6, 6.07) is 6.80. The van der Waals surface area contributed by atoms with Crippen LogP contribution in [0.15, 0.2) is 24.3 Å². The van der Waals surface area contributed by atoms with Gasteiger partial charge in [-0.1, -0.05) is 19.1 Å². The highest BCUT2D eigenvalue weighted by molar-refractivity contribution is 5.37. The summed E-state index contributed by atoms with van der Waals surface area (Å²) in [6.07, 6.45) is 1.07. The van der Waals surface area contributed by atoms with E-state index < -0.39 is 6.61 Å². The zero-order chi connectivity index (χ0) is 11.8. The minimum atomic E-state index is -2.77. The Morgan fingerprint density at radius 1 is 1.44 bits per heavy atom. The Kier molecular flexibility index (Phi) is 2.84. The van der Waals surface area contributed by atoms with E-state index in [1.807, 2.05) is 12.1 Å². The largest absolute Gasteiger partial charge is 0.435 e. The number of benzene rings is 1. The standard InChI is InChI=1S/C12H15F2NO/c1-8-6-12(8,7-15)9-2-4-10(5-3-9)16-11(13)14/h2-5,8,11H,6-7,15H2,1H3. The van der Waals surface area contributed by atoms with Crippen LogP contribution in [0.3, 0.4) is 0 Å². The lowest BCUT2D eigenvalue weighted by Gasteiger charge is -2.15. The van der Waals surface area contributed by atoms with Crippen LogP contribution < -0.4 is 10.5 Å². The third-order valence-corrected chi connectivity index (χ3v) is 3.47. The first-order valence-corrected chi connectivity index (χ1v) is 5.34. The van der Waals surface area contributed by atoms with Crippen molar-refractivity contribution in [2.45, 2.75) is 25.4 Å². The molecule has 1 aliphatic rings. The molecule has 88 valence electrons. The predicted molar refractivity (Wildman–Crippen MR) is 57.6 cm³/mol. The first kappa shape index (κ1) is 11.3. The molecule has 1 fully saturated rings. The van der Waals surface area contributed by atoms with Crippen LogP contribution in [0.4, 0.5) is 8.78 Å². The SMILES string of the molecule is CC1CC1(CN)c1ccc(OC(F)F)cc1. The Labute approximate surface area is 93.4 Å². The van der Waals surface area contributed by atoms with E-state index in [0.29, 0.717) is 12.5 Å². The highest BCUT2D eigenvalue weighted by Crippen LogP contribution is 2.53. The van der Waals surface area contributed by atoms with E-state index in [1.54, 1.807) is 12.1 Å². The zero-order valence-electron chi connectivity index (χ0n) is 9.12. The van der Waals surface area contributed by atoms with Crippen LogP contribution >= 0.6 is 0 Å². The van der Waals surface area contributed by atoms with Crippen molar-refractivity contribution in [3.05, 3.63) is 29.8 Å². The van der Waals surface area contributed by atoms with Gasteiger partial charge in [-0.2, -0.15) is 8.78 Å². The molecule has 0 amide bonds. The van der Waals surface area contributed by atoms with E-state index in [9.17, 15) is 8.78 Å². The van der Waals surface area contributed by atoms with Crippen molar-refractivity contribution in [3.8, 4) is 5.75 Å². The maximum atomic E-state index is 12.0. The van der Waals surface area contributed by atoms with Crippen LogP contribution in [-0.2, 0) is 5.41 Å². The molecule has 4 heteroatoms. The van der Waals surface area contributed by atoms with Crippen LogP contribution in [0, 0.1) is 5.92 Å². The number of nitrogens with two attached hydrogens (primary N) is 1. The van der Waals surface area contributed by atoms with Crippen LogP contribution in [0.1, 0.15) is 18.9 Å². The van der Waals surface area contributed by atoms with E-state index in [1.165, 1.54) is 0 Å². The van der Waals surface area contributed by atoms with Gasteiger partial charge in [0.25, 0.3) is 0 Å². The normalized spacial score (nSPS) is 28.2. The van der Waals surface area contributed by atoms with E-state index in [4.69, 9.17) is 5.73 Å². The molecule has 1 aromatic carbocycles. The molecule has 2 unspecified atom stereocenters. The lowest BCUT2D eigenvalue weighted by atomic mass is 9.94. The topological polar surface area (TPSA) is 35.2 Å². The van der Waals surface area contributed by atoms with Gasteiger partial charge in [0.2, 0.25) is 0 Å². The van der Waals surface area contributed by atoms with Crippen LogP contribution in [0.2, 0.25) is 0 Å². The summed E-state index contributed by atoms with van der Waals surface area (Å²) in [5, 5.41) is 0. The molecule has 2 rings (SSSR count). The summed E-state index contributed by atoms with van der Waals surface area (Å²) >= 11 is 0. The van der Waals surface area contributed by atoms with Gasteiger partial charge in [-0.3, -0.25) is 0 Å². The molecular weight excluding hydrogens is 212 g/mol. The molecule has 0 saturated heterocycles. The summed E-state index contributed by atoms with van der Waals surface area (Å²) in [5.41, 5.74) is 6.93. The van der Waals surface area contributed by atoms with Gasteiger partial charge in [0.15, 0.2) is 0 Å². The Morgan fingerprint density at radius 3 is 2.38 bits per heavy atom. The smallest absolute Gasteiger partial charge is 0.387 e. The number of hydrogen-bond acceptors (Lipinski definition) is 2. The maximum absolute atomic E-state index is 12.0. The second-order valence-corrected chi connectivity index (χ2v) is 4.37. The quantitative estimate of drug-likeness (QED) is 0.857. The summed E-state index contributed by atoms with van der Waals surface area (Å²) < 4.78 is 28.2. The van der Waals surface area contributed by atoms with E-state index in [0.717, 1.165) is 12.0 Å². The number of hydrogen-bond donors (Lipinski definition) is 1. The molecule has 0 aliphatic heterocycles. The maximum Gasteiger partial charge on any atom is 0.387 e. The molecule has 1 aliphatic carbocycles. The van der Waals surface area contributed by atoms with Gasteiger partial charge in [-0.25, -0.2) is 0 Å². The highest BCUT2D eigenvalue weighted by atomic mass is 19.3. The van der Waals surface area contributed by atoms with Crippen LogP contribution in [0.25, 0.3) is 0 Å². The minimum Gasteiger partial charge on any atom is -0.435 e. The Balaban J connectivity index is 2.14. The predicted octanol–water partition coefficient (Wildman–Crippen LogP) is 2.52. The van der Waals surface area contributed by atoms with Crippen molar-refractivity contribution >= 4 is 0 Å². The molecule has 2 nitrogen and oxygen atoms in total. The molecule has 1 saturated carbocycles. The van der Waals surface area contributed by atoms with Crippen molar-refractivity contribution < 1.29 is 13.5 Å². The molecule has 16 heavy (non-hydrogen) atoms. The number of alkyl halides is 2. The van der Waals surface area contributed by atoms with E-state index >= 15 is 0 Å². The fourth-order valence-electron chi connectivity index (χ4n) is 2.26. The Hall–Kier alpha value is -1.16. The van der Waals surface area contributed by atoms with Crippen molar-refractivity contribution in [3.63, 3.8) is 0 Å². The minimum absolute atomic E-state index is 0.0589. The zero-order valence-corrected chi connectivity index (χ0v) is 9.12. The lowest BCUT2D eigenvalue weighted by molar-refractivity contribution is -0.0498. The van der Waals surface area contributed by atoms with E-state index in [2.05, 4.69) is 11.7 Å². The lowest BCUT2D eigenvalue weighted by Crippen LogP contribution is -2.21. The van der Waals surface area contributed by atoms with Gasteiger partial charge in [0.05, 0.1) is 0 Å². The Bertz CT molecular complexity index is 362. The summed E-state index contributed by atoms with van der Waals surface area (Å²) in [5.74, 6) is 0.763. The van der Waals surface area contributed by atoms with Gasteiger partial charge >= 0.3 is 6.61 Å². The number of rotatable bonds is 4.